The molecule has 382 valence electrons. The van der Waals surface area contributed by atoms with Gasteiger partial charge in [-0.15, -0.1) is 11.8 Å². The molecule has 68 heavy (non-hydrogen) atoms. The number of nitrogens with two attached hydrogens (primary N) is 1. The van der Waals surface area contributed by atoms with Crippen molar-refractivity contribution >= 4 is 76.8 Å². The zero-order chi connectivity index (χ0) is 51.0. The second kappa shape index (κ2) is 26.7. The Bertz CT molecular complexity index is 1910. The zero-order valence-corrected chi connectivity index (χ0v) is 42.1. The smallest absolute Gasteiger partial charge is 0.326 e. The molecule has 1 unspecified atom stereocenters. The first kappa shape index (κ1) is 57.4. The van der Waals surface area contributed by atoms with Crippen molar-refractivity contribution in [3.8, 4) is 0 Å². The monoisotopic (exact) mass is 995 g/mol. The van der Waals surface area contributed by atoms with Crippen LogP contribution in [0.5, 0.6) is 0 Å². The van der Waals surface area contributed by atoms with Crippen LogP contribution < -0.4 is 43.0 Å². The topological polar surface area (TPSA) is 336 Å². The Kier molecular flexibility index (Phi) is 22.5. The van der Waals surface area contributed by atoms with Crippen molar-refractivity contribution in [2.45, 2.75) is 160 Å². The molecular weight excluding hydrogens is 923 g/mol. The fraction of sp³-hybridized carbons (Fsp3) is 0.727. The number of hydrogen-bond acceptors (Lipinski definition) is 14. The van der Waals surface area contributed by atoms with Gasteiger partial charge < -0.3 is 63.0 Å². The van der Waals surface area contributed by atoms with Gasteiger partial charge in [0.15, 0.2) is 6.10 Å². The molecular formula is C44H73N11O11S2. The third-order valence-electron chi connectivity index (χ3n) is 11.8. The van der Waals surface area contributed by atoms with Gasteiger partial charge in [-0.1, -0.05) is 41.5 Å². The summed E-state index contributed by atoms with van der Waals surface area (Å²) in [5.41, 5.74) is 5.83. The lowest BCUT2D eigenvalue weighted by Gasteiger charge is -2.35. The summed E-state index contributed by atoms with van der Waals surface area (Å²) in [6, 6.07) is -9.04. The number of H-pyrrole nitrogens is 1. The van der Waals surface area contributed by atoms with Gasteiger partial charge in [0, 0.05) is 29.5 Å². The molecule has 2 saturated heterocycles. The zero-order valence-electron chi connectivity index (χ0n) is 40.5. The lowest BCUT2D eigenvalue weighted by Crippen LogP contribution is -2.63. The number of hydrogen-bond donors (Lipinski definition) is 11. The van der Waals surface area contributed by atoms with Gasteiger partial charge in [-0.2, -0.15) is 11.8 Å². The van der Waals surface area contributed by atoms with Gasteiger partial charge in [-0.3, -0.25) is 38.4 Å². The number of carbonyl (C=O) groups is 9. The van der Waals surface area contributed by atoms with E-state index in [1.165, 1.54) is 40.9 Å². The first-order valence-electron chi connectivity index (χ1n) is 23.0. The average molecular weight is 996 g/mol. The van der Waals surface area contributed by atoms with Crippen LogP contribution in [0.15, 0.2) is 12.5 Å². The number of imidazole rings is 1. The normalized spacial score (nSPS) is 19.8. The van der Waals surface area contributed by atoms with Crippen LogP contribution in [-0.2, 0) is 49.6 Å². The number of thioether (sulfide) groups is 2. The predicted molar refractivity (Wildman–Crippen MR) is 256 cm³/mol. The molecule has 9 atom stereocenters. The lowest BCUT2D eigenvalue weighted by atomic mass is 9.94. The Labute approximate surface area is 406 Å². The van der Waals surface area contributed by atoms with Crippen molar-refractivity contribution in [3.05, 3.63) is 18.2 Å². The van der Waals surface area contributed by atoms with Crippen molar-refractivity contribution in [2.24, 2.45) is 23.5 Å². The summed E-state index contributed by atoms with van der Waals surface area (Å²) in [7, 11) is 0. The number of rotatable bonds is 27. The Hall–Kier alpha value is -4.94. The first-order valence-corrected chi connectivity index (χ1v) is 25.4. The van der Waals surface area contributed by atoms with Crippen LogP contribution in [0.1, 0.15) is 99.6 Å². The second-order valence-corrected chi connectivity index (χ2v) is 21.6. The number of primary amides is 1. The molecule has 0 spiro atoms. The third kappa shape index (κ3) is 16.9. The molecule has 24 heteroatoms. The average Bonchev–Trinajstić information content (AvgIpc) is 4.05. The number of nitrogens with one attached hydrogen (secondary N) is 8. The molecule has 3 rings (SSSR count). The van der Waals surface area contributed by atoms with Crippen LogP contribution in [0.4, 0.5) is 0 Å². The van der Waals surface area contributed by atoms with E-state index in [2.05, 4.69) is 47.2 Å². The lowest BCUT2D eigenvalue weighted by molar-refractivity contribution is -0.148. The van der Waals surface area contributed by atoms with Crippen LogP contribution in [0.2, 0.25) is 0 Å². The maximum atomic E-state index is 14.4. The minimum Gasteiger partial charge on any atom is -0.480 e. The van der Waals surface area contributed by atoms with Gasteiger partial charge in [-0.05, 0) is 82.3 Å². The van der Waals surface area contributed by atoms with Crippen molar-refractivity contribution in [3.63, 3.8) is 0 Å². The second-order valence-electron chi connectivity index (χ2n) is 19.0. The first-order chi connectivity index (χ1) is 31.9. The van der Waals surface area contributed by atoms with E-state index in [9.17, 15) is 53.4 Å². The van der Waals surface area contributed by atoms with Crippen LogP contribution in [0.25, 0.3) is 0 Å². The predicted octanol–water partition coefficient (Wildman–Crippen LogP) is -0.885. The van der Waals surface area contributed by atoms with Crippen molar-refractivity contribution < 1.29 is 53.4 Å². The quantitative estimate of drug-likeness (QED) is 0.0510. The molecule has 12 N–H and O–H groups in total. The number of aliphatic hydroxyl groups excluding tert-OH is 1. The molecule has 8 amide bonds. The summed E-state index contributed by atoms with van der Waals surface area (Å²) in [6.45, 7) is 14.5. The number of aromatic amines is 1. The van der Waals surface area contributed by atoms with Crippen LogP contribution >= 0.6 is 23.5 Å². The molecule has 2 aliphatic rings. The van der Waals surface area contributed by atoms with E-state index < -0.39 is 124 Å². The van der Waals surface area contributed by atoms with Gasteiger partial charge in [0.2, 0.25) is 41.4 Å². The molecule has 0 aliphatic carbocycles. The molecule has 0 saturated carbocycles. The van der Waals surface area contributed by atoms with Crippen LogP contribution in [0, 0.1) is 17.8 Å². The molecule has 1 aromatic heterocycles. The highest BCUT2D eigenvalue weighted by atomic mass is 32.2. The van der Waals surface area contributed by atoms with Gasteiger partial charge in [0.05, 0.1) is 24.3 Å². The van der Waals surface area contributed by atoms with E-state index in [1.807, 2.05) is 20.1 Å². The number of aliphatic carboxylic acids is 1. The van der Waals surface area contributed by atoms with Gasteiger partial charge in [0.25, 0.3) is 5.91 Å². The van der Waals surface area contributed by atoms with E-state index in [0.29, 0.717) is 24.4 Å². The molecule has 22 nitrogen and oxygen atoms in total. The fourth-order valence-electron chi connectivity index (χ4n) is 7.95. The van der Waals surface area contributed by atoms with E-state index in [0.717, 1.165) is 6.42 Å². The highest BCUT2D eigenvalue weighted by molar-refractivity contribution is 8.00. The van der Waals surface area contributed by atoms with Gasteiger partial charge >= 0.3 is 5.97 Å². The number of aliphatic hydroxyl groups is 1. The van der Waals surface area contributed by atoms with Crippen LogP contribution in [0.3, 0.4) is 0 Å². The highest BCUT2D eigenvalue weighted by Crippen LogP contribution is 2.40. The Morgan fingerprint density at radius 1 is 0.853 bits per heavy atom. The number of amides is 8. The maximum Gasteiger partial charge on any atom is 0.326 e. The number of aromatic nitrogens is 2. The summed E-state index contributed by atoms with van der Waals surface area (Å²) >= 11 is 2.68. The van der Waals surface area contributed by atoms with Crippen molar-refractivity contribution in [2.75, 3.05) is 24.4 Å². The number of nitrogens with zero attached hydrogens (tertiary/aromatic N) is 2. The molecule has 0 radical (unpaired) electrons. The number of carbonyl (C=O) groups excluding carboxylic acids is 8. The minimum atomic E-state index is -1.86. The molecule has 2 fully saturated rings. The van der Waals surface area contributed by atoms with E-state index >= 15 is 0 Å². The number of carboxylic acid groups (broad SMARTS) is 1. The van der Waals surface area contributed by atoms with E-state index in [1.54, 1.807) is 41.5 Å². The summed E-state index contributed by atoms with van der Waals surface area (Å²) in [6.07, 6.45) is 3.95. The van der Waals surface area contributed by atoms with Crippen molar-refractivity contribution in [1.82, 2.24) is 52.1 Å². The van der Waals surface area contributed by atoms with E-state index in [4.69, 9.17) is 5.73 Å². The van der Waals surface area contributed by atoms with Crippen LogP contribution in [-0.4, -0.2) is 162 Å². The molecule has 0 aromatic carbocycles. The molecule has 1 aromatic rings. The Morgan fingerprint density at radius 2 is 1.46 bits per heavy atom. The SMILES string of the molecule is CSCC[C@H](NC(=O)C(NC(=O)[C@H]1N(C(=O)[C@H](O)[C@@H](CC(C)C)NC(=O)[C@@H](NC(=O)[C@H](CCC(N)=O)NC(=O)[C@@H]2CCCN2)C(C)C)CSC1(C)C)C(C)C)C(=O)N[C@@H](Cc1cnc[nH]1)C(=O)O. The van der Waals surface area contributed by atoms with Crippen molar-refractivity contribution in [1.29, 1.82) is 0 Å². The number of carboxylic acids is 1. The largest absolute Gasteiger partial charge is 0.480 e. The standard InChI is InChI=1S/C44H73N11O11S2/c1-22(2)17-29(51-40(62)32(23(3)4)53-38(60)27(12-13-31(45)56)49-36(58)26-11-10-15-47-26)34(57)42(64)55-21-68-44(7,8)35(55)41(63)54-33(24(5)6)39(61)50-28(14-16-67-9)37(59)52-30(43(65)66)18-25-19-46-20-48-25/h19-20,22-24,26-30,32-35,47,57H,10-18,21H2,1-9H3,(H2,45,56)(H,46,48)(H,49,58)(H,50,61)(H,51,62)(H,52,59)(H,53,60)(H,54,63)(H,65,66)/t26-,27-,28-,29+,30-,32-,33?,34+,35+/m0/s1. The summed E-state index contributed by atoms with van der Waals surface area (Å²) in [5.74, 6) is -7.67. The summed E-state index contributed by atoms with van der Waals surface area (Å²) in [5, 5.41) is 40.8. The Balaban J connectivity index is 1.80. The molecule has 2 aliphatic heterocycles. The molecule has 0 bridgehead atoms. The highest BCUT2D eigenvalue weighted by Gasteiger charge is 2.51. The Morgan fingerprint density at radius 3 is 2.00 bits per heavy atom. The summed E-state index contributed by atoms with van der Waals surface area (Å²) in [4.78, 5) is 128. The van der Waals surface area contributed by atoms with Gasteiger partial charge in [0.1, 0.15) is 36.3 Å². The maximum absolute atomic E-state index is 14.4. The van der Waals surface area contributed by atoms with Gasteiger partial charge in [-0.25, -0.2) is 9.78 Å². The van der Waals surface area contributed by atoms with E-state index in [-0.39, 0.29) is 43.9 Å². The summed E-state index contributed by atoms with van der Waals surface area (Å²) < 4.78 is -0.934. The molecule has 3 heterocycles. The minimum absolute atomic E-state index is 0.0262. The third-order valence-corrected chi connectivity index (χ3v) is 13.8. The fourth-order valence-corrected chi connectivity index (χ4v) is 9.56.